The zero-order chi connectivity index (χ0) is 14.0. The van der Waals surface area contributed by atoms with E-state index >= 15 is 0 Å². The summed E-state index contributed by atoms with van der Waals surface area (Å²) in [5.41, 5.74) is 0. The minimum atomic E-state index is -3.80. The van der Waals surface area contributed by atoms with E-state index in [0.717, 1.165) is 11.3 Å². The van der Waals surface area contributed by atoms with E-state index in [-0.39, 0.29) is 22.3 Å². The summed E-state index contributed by atoms with van der Waals surface area (Å²) in [5.74, 6) is 0.0628. The highest BCUT2D eigenvalue weighted by atomic mass is 79.9. The summed E-state index contributed by atoms with van der Waals surface area (Å²) in [6.07, 6.45) is 1.44. The number of hydrogen-bond acceptors (Lipinski definition) is 5. The second-order valence-electron chi connectivity index (χ2n) is 3.45. The number of anilines is 1. The van der Waals surface area contributed by atoms with Gasteiger partial charge in [0.05, 0.1) is 15.4 Å². The van der Waals surface area contributed by atoms with Gasteiger partial charge in [-0.15, -0.1) is 11.3 Å². The van der Waals surface area contributed by atoms with E-state index < -0.39 is 10.0 Å². The quantitative estimate of drug-likeness (QED) is 0.851. The van der Waals surface area contributed by atoms with Gasteiger partial charge in [0.15, 0.2) is 5.82 Å². The van der Waals surface area contributed by atoms with Gasteiger partial charge in [0, 0.05) is 11.1 Å². The summed E-state index contributed by atoms with van der Waals surface area (Å²) in [4.78, 5) is 4.45. The number of sulfonamides is 1. The van der Waals surface area contributed by atoms with Gasteiger partial charge in [-0.1, -0.05) is 11.6 Å². The molecule has 0 aliphatic rings. The van der Waals surface area contributed by atoms with Crippen LogP contribution in [-0.4, -0.2) is 18.5 Å². The van der Waals surface area contributed by atoms with Crippen molar-refractivity contribution in [1.82, 2.24) is 4.98 Å². The molecule has 0 spiro atoms. The highest BCUT2D eigenvalue weighted by Gasteiger charge is 2.22. The third kappa shape index (κ3) is 3.26. The van der Waals surface area contributed by atoms with Crippen LogP contribution in [0.25, 0.3) is 0 Å². The number of nitrogens with zero attached hydrogens (tertiary/aromatic N) is 1. The minimum absolute atomic E-state index is 0.0447. The minimum Gasteiger partial charge on any atom is -0.391 e. The molecule has 9 heteroatoms. The molecule has 2 heterocycles. The Hall–Kier alpha value is -0.670. The van der Waals surface area contributed by atoms with Crippen LogP contribution in [-0.2, 0) is 16.6 Å². The first-order chi connectivity index (χ1) is 8.94. The number of rotatable bonds is 4. The third-order valence-corrected chi connectivity index (χ3v) is 6.02. The molecule has 0 saturated carbocycles. The van der Waals surface area contributed by atoms with E-state index in [9.17, 15) is 8.42 Å². The molecule has 0 aliphatic carbocycles. The third-order valence-electron chi connectivity index (χ3n) is 2.14. The van der Waals surface area contributed by atoms with E-state index in [2.05, 4.69) is 25.6 Å². The number of halogens is 2. The molecule has 2 rings (SSSR count). The maximum absolute atomic E-state index is 12.2. The molecule has 0 fully saturated rings. The van der Waals surface area contributed by atoms with Crippen LogP contribution >= 0.6 is 38.9 Å². The zero-order valence-corrected chi connectivity index (χ0v) is 13.3. The average Bonchev–Trinajstić information content (AvgIpc) is 2.74. The zero-order valence-electron chi connectivity index (χ0n) is 9.30. The summed E-state index contributed by atoms with van der Waals surface area (Å²) >= 11 is 10.2. The fourth-order valence-electron chi connectivity index (χ4n) is 1.30. The van der Waals surface area contributed by atoms with Crippen LogP contribution in [0.2, 0.25) is 5.02 Å². The van der Waals surface area contributed by atoms with Gasteiger partial charge in [0.25, 0.3) is 10.0 Å². The molecule has 0 atom stereocenters. The second kappa shape index (κ2) is 5.76. The van der Waals surface area contributed by atoms with Gasteiger partial charge in [-0.25, -0.2) is 13.4 Å². The predicted molar refractivity (Wildman–Crippen MR) is 78.0 cm³/mol. The lowest BCUT2D eigenvalue weighted by atomic mass is 10.5. The first-order valence-electron chi connectivity index (χ1n) is 4.96. The van der Waals surface area contributed by atoms with Crippen molar-refractivity contribution in [1.29, 1.82) is 0 Å². The van der Waals surface area contributed by atoms with Gasteiger partial charge in [0.1, 0.15) is 4.90 Å². The molecule has 0 aliphatic heterocycles. The summed E-state index contributed by atoms with van der Waals surface area (Å²) < 4.78 is 27.1. The number of thiophene rings is 1. The van der Waals surface area contributed by atoms with Crippen LogP contribution in [0.5, 0.6) is 0 Å². The molecule has 2 aromatic heterocycles. The topological polar surface area (TPSA) is 79.3 Å². The fourth-order valence-corrected chi connectivity index (χ4v) is 5.10. The van der Waals surface area contributed by atoms with Crippen LogP contribution in [0.4, 0.5) is 5.82 Å². The average molecular weight is 384 g/mol. The van der Waals surface area contributed by atoms with Crippen molar-refractivity contribution in [3.05, 3.63) is 38.1 Å². The number of nitrogens with one attached hydrogen (secondary N) is 1. The highest BCUT2D eigenvalue weighted by Crippen LogP contribution is 2.33. The molecule has 2 aromatic rings. The number of aromatic nitrogens is 1. The predicted octanol–water partition coefficient (Wildman–Crippen LogP) is 2.85. The van der Waals surface area contributed by atoms with Crippen LogP contribution in [0.3, 0.4) is 0 Å². The monoisotopic (exact) mass is 382 g/mol. The van der Waals surface area contributed by atoms with Crippen LogP contribution in [0.1, 0.15) is 4.88 Å². The van der Waals surface area contributed by atoms with Crippen molar-refractivity contribution in [2.75, 3.05) is 4.72 Å². The smallest absolute Gasteiger partial charge is 0.265 e. The molecule has 0 unspecified atom stereocenters. The lowest BCUT2D eigenvalue weighted by molar-refractivity contribution is 0.285. The summed E-state index contributed by atoms with van der Waals surface area (Å²) in [7, 11) is -3.80. The molecule has 5 nitrogen and oxygen atoms in total. The van der Waals surface area contributed by atoms with Gasteiger partial charge in [-0.2, -0.15) is 0 Å². The lowest BCUT2D eigenvalue weighted by Crippen LogP contribution is -2.13. The fraction of sp³-hybridized carbons (Fsp3) is 0.100. The molecular formula is C10H8BrClN2O3S2. The van der Waals surface area contributed by atoms with Crippen molar-refractivity contribution in [3.63, 3.8) is 0 Å². The number of aliphatic hydroxyl groups excluding tert-OH is 1. The number of aliphatic hydroxyl groups is 1. The summed E-state index contributed by atoms with van der Waals surface area (Å²) in [6.45, 7) is -0.219. The Labute approximate surface area is 127 Å². The first kappa shape index (κ1) is 14.7. The Balaban J connectivity index is 2.38. The first-order valence-corrected chi connectivity index (χ1v) is 8.43. The Morgan fingerprint density at radius 1 is 1.53 bits per heavy atom. The Morgan fingerprint density at radius 3 is 2.84 bits per heavy atom. The molecular weight excluding hydrogens is 376 g/mol. The van der Waals surface area contributed by atoms with Gasteiger partial charge >= 0.3 is 0 Å². The molecule has 0 saturated heterocycles. The van der Waals surface area contributed by atoms with Gasteiger partial charge in [-0.05, 0) is 34.1 Å². The number of hydrogen-bond donors (Lipinski definition) is 2. The van der Waals surface area contributed by atoms with E-state index in [1.807, 2.05) is 0 Å². The molecule has 19 heavy (non-hydrogen) atoms. The highest BCUT2D eigenvalue weighted by molar-refractivity contribution is 9.11. The largest absolute Gasteiger partial charge is 0.391 e. The van der Waals surface area contributed by atoms with E-state index in [1.54, 1.807) is 6.07 Å². The Morgan fingerprint density at radius 2 is 2.26 bits per heavy atom. The summed E-state index contributed by atoms with van der Waals surface area (Å²) in [5, 5.41) is 9.22. The van der Waals surface area contributed by atoms with Crippen LogP contribution in [0.15, 0.2) is 33.1 Å². The van der Waals surface area contributed by atoms with Crippen molar-refractivity contribution >= 4 is 54.7 Å². The van der Waals surface area contributed by atoms with Crippen LogP contribution < -0.4 is 4.72 Å². The summed E-state index contributed by atoms with van der Waals surface area (Å²) in [6, 6.07) is 4.53. The molecule has 0 radical (unpaired) electrons. The second-order valence-corrected chi connectivity index (χ2v) is 7.96. The normalized spacial score (nSPS) is 11.5. The van der Waals surface area contributed by atoms with Gasteiger partial charge < -0.3 is 5.11 Å². The van der Waals surface area contributed by atoms with Crippen LogP contribution in [0, 0.1) is 0 Å². The Kier molecular flexibility index (Phi) is 4.46. The molecule has 102 valence electrons. The van der Waals surface area contributed by atoms with Crippen molar-refractivity contribution < 1.29 is 13.5 Å². The Bertz CT molecular complexity index is 703. The van der Waals surface area contributed by atoms with E-state index in [4.69, 9.17) is 16.7 Å². The van der Waals surface area contributed by atoms with Crippen molar-refractivity contribution in [3.8, 4) is 0 Å². The standard InChI is InChI=1S/C10H8BrClN2O3S2/c11-9-8(4-6(5-15)18-9)19(16,17)14-10-7(12)2-1-3-13-10/h1-4,15H,5H2,(H,13,14). The SMILES string of the molecule is O=S(=O)(Nc1ncccc1Cl)c1cc(CO)sc1Br. The lowest BCUT2D eigenvalue weighted by Gasteiger charge is -2.07. The van der Waals surface area contributed by atoms with E-state index in [1.165, 1.54) is 18.3 Å². The number of pyridine rings is 1. The molecule has 2 N–H and O–H groups in total. The molecule has 0 amide bonds. The van der Waals surface area contributed by atoms with Crippen molar-refractivity contribution in [2.24, 2.45) is 0 Å². The molecule has 0 aromatic carbocycles. The van der Waals surface area contributed by atoms with E-state index in [0.29, 0.717) is 8.66 Å². The maximum atomic E-state index is 12.2. The van der Waals surface area contributed by atoms with Crippen molar-refractivity contribution in [2.45, 2.75) is 11.5 Å². The molecule has 0 bridgehead atoms. The van der Waals surface area contributed by atoms with Gasteiger partial charge in [-0.3, -0.25) is 4.72 Å². The maximum Gasteiger partial charge on any atom is 0.265 e. The van der Waals surface area contributed by atoms with Gasteiger partial charge in [0.2, 0.25) is 0 Å².